The Balaban J connectivity index is 2.98. The van der Waals surface area contributed by atoms with Crippen LogP contribution in [0.25, 0.3) is 0 Å². The molecule has 19 heavy (non-hydrogen) atoms. The number of halogens is 3. The summed E-state index contributed by atoms with van der Waals surface area (Å²) in [5.74, 6) is -0.995. The molecule has 0 aliphatic rings. The fourth-order valence-electron chi connectivity index (χ4n) is 1.40. The van der Waals surface area contributed by atoms with Gasteiger partial charge in [0.15, 0.2) is 0 Å². The monoisotopic (exact) mass is 289 g/mol. The maximum absolute atomic E-state index is 12.5. The van der Waals surface area contributed by atoms with Crippen molar-refractivity contribution >= 4 is 17.7 Å². The highest BCUT2D eigenvalue weighted by atomic mass is 32.2. The summed E-state index contributed by atoms with van der Waals surface area (Å²) in [5, 5.41) is 17.1. The van der Waals surface area contributed by atoms with E-state index in [0.717, 1.165) is 23.9 Å². The van der Waals surface area contributed by atoms with Gasteiger partial charge in [0, 0.05) is 10.1 Å². The molecular formula is C12H10F3NO2S. The summed E-state index contributed by atoms with van der Waals surface area (Å²) < 4.78 is 37.4. The Kier molecular flexibility index (Phi) is 4.84. The van der Waals surface area contributed by atoms with Gasteiger partial charge in [0.05, 0.1) is 17.5 Å². The van der Waals surface area contributed by atoms with Crippen LogP contribution in [0.1, 0.15) is 24.5 Å². The number of benzene rings is 1. The number of rotatable bonds is 4. The third-order valence-corrected chi connectivity index (χ3v) is 3.40. The first-order valence-corrected chi connectivity index (χ1v) is 6.11. The highest BCUT2D eigenvalue weighted by Gasteiger charge is 2.31. The van der Waals surface area contributed by atoms with E-state index in [9.17, 15) is 18.0 Å². The van der Waals surface area contributed by atoms with Gasteiger partial charge in [0.2, 0.25) is 0 Å². The molecule has 0 saturated heterocycles. The van der Waals surface area contributed by atoms with Crippen LogP contribution in [0.15, 0.2) is 23.1 Å². The fourth-order valence-corrected chi connectivity index (χ4v) is 2.44. The third kappa shape index (κ3) is 4.48. The van der Waals surface area contributed by atoms with Crippen LogP contribution < -0.4 is 0 Å². The molecule has 0 spiro atoms. The van der Waals surface area contributed by atoms with Crippen molar-refractivity contribution in [1.82, 2.24) is 0 Å². The molecular weight excluding hydrogens is 279 g/mol. The van der Waals surface area contributed by atoms with Crippen molar-refractivity contribution in [3.05, 3.63) is 29.3 Å². The van der Waals surface area contributed by atoms with E-state index in [1.165, 1.54) is 6.07 Å². The lowest BCUT2D eigenvalue weighted by atomic mass is 10.1. The average Bonchev–Trinajstić information content (AvgIpc) is 2.26. The molecule has 102 valence electrons. The number of aliphatic carboxylic acids is 1. The fraction of sp³-hybridized carbons (Fsp3) is 0.333. The van der Waals surface area contributed by atoms with Gasteiger partial charge in [0.25, 0.3) is 0 Å². The molecule has 7 heteroatoms. The molecule has 1 aromatic rings. The molecule has 3 nitrogen and oxygen atoms in total. The van der Waals surface area contributed by atoms with Gasteiger partial charge >= 0.3 is 12.1 Å². The van der Waals surface area contributed by atoms with Crippen molar-refractivity contribution < 1.29 is 23.1 Å². The van der Waals surface area contributed by atoms with Gasteiger partial charge in [-0.2, -0.15) is 18.4 Å². The minimum absolute atomic E-state index is 0.0999. The predicted octanol–water partition coefficient (Wildman–Crippen LogP) is 3.53. The number of nitriles is 1. The van der Waals surface area contributed by atoms with Crippen LogP contribution in [0.5, 0.6) is 0 Å². The van der Waals surface area contributed by atoms with Crippen LogP contribution in [0.4, 0.5) is 13.2 Å². The van der Waals surface area contributed by atoms with E-state index in [-0.39, 0.29) is 17.2 Å². The third-order valence-electron chi connectivity index (χ3n) is 2.22. The van der Waals surface area contributed by atoms with Crippen molar-refractivity contribution in [2.45, 2.75) is 29.7 Å². The lowest BCUT2D eigenvalue weighted by Gasteiger charge is -2.12. The summed E-state index contributed by atoms with van der Waals surface area (Å²) in [6, 6.07) is 4.56. The van der Waals surface area contributed by atoms with Crippen LogP contribution in [0.2, 0.25) is 0 Å². The lowest BCUT2D eigenvalue weighted by Crippen LogP contribution is -2.07. The maximum atomic E-state index is 12.5. The smallest absolute Gasteiger partial charge is 0.416 e. The van der Waals surface area contributed by atoms with Gasteiger partial charge in [-0.1, -0.05) is 6.92 Å². The zero-order chi connectivity index (χ0) is 14.6. The highest BCUT2D eigenvalue weighted by molar-refractivity contribution is 8.00. The second-order valence-electron chi connectivity index (χ2n) is 3.85. The molecule has 0 aliphatic heterocycles. The first-order valence-electron chi connectivity index (χ1n) is 5.24. The van der Waals surface area contributed by atoms with Crippen LogP contribution in [0.3, 0.4) is 0 Å². The van der Waals surface area contributed by atoms with E-state index in [0.29, 0.717) is 4.90 Å². The molecule has 1 aromatic carbocycles. The second-order valence-corrected chi connectivity index (χ2v) is 5.33. The second kappa shape index (κ2) is 5.97. The summed E-state index contributed by atoms with van der Waals surface area (Å²) in [6.07, 6.45) is -4.63. The molecule has 0 amide bonds. The van der Waals surface area contributed by atoms with Crippen molar-refractivity contribution in [2.24, 2.45) is 0 Å². The molecule has 0 bridgehead atoms. The number of carbonyl (C=O) groups is 1. The van der Waals surface area contributed by atoms with Gasteiger partial charge in [-0.25, -0.2) is 0 Å². The number of alkyl halides is 3. The Hall–Kier alpha value is -1.68. The standard InChI is InChI=1S/C12H10F3NO2S/c1-7(4-11(17)18)19-10-3-2-9(12(13,14)15)5-8(10)6-16/h2-3,5,7H,4H2,1H3,(H,17,18). The highest BCUT2D eigenvalue weighted by Crippen LogP contribution is 2.34. The number of hydrogen-bond acceptors (Lipinski definition) is 3. The van der Waals surface area contributed by atoms with E-state index in [1.54, 1.807) is 13.0 Å². The largest absolute Gasteiger partial charge is 0.481 e. The maximum Gasteiger partial charge on any atom is 0.416 e. The Labute approximate surface area is 112 Å². The minimum atomic E-state index is -4.50. The molecule has 1 atom stereocenters. The normalized spacial score (nSPS) is 12.8. The zero-order valence-electron chi connectivity index (χ0n) is 9.86. The first kappa shape index (κ1) is 15.4. The number of carboxylic acid groups (broad SMARTS) is 1. The van der Waals surface area contributed by atoms with Crippen molar-refractivity contribution in [3.8, 4) is 6.07 Å². The topological polar surface area (TPSA) is 61.1 Å². The zero-order valence-corrected chi connectivity index (χ0v) is 10.7. The van der Waals surface area contributed by atoms with Gasteiger partial charge in [-0.05, 0) is 18.2 Å². The quantitative estimate of drug-likeness (QED) is 0.861. The number of nitrogens with zero attached hydrogens (tertiary/aromatic N) is 1. The molecule has 1 rings (SSSR count). The predicted molar refractivity (Wildman–Crippen MR) is 63.7 cm³/mol. The van der Waals surface area contributed by atoms with Gasteiger partial charge in [0.1, 0.15) is 6.07 Å². The van der Waals surface area contributed by atoms with Crippen LogP contribution >= 0.6 is 11.8 Å². The van der Waals surface area contributed by atoms with Gasteiger partial charge in [-0.3, -0.25) is 4.79 Å². The summed E-state index contributed by atoms with van der Waals surface area (Å²) in [5.41, 5.74) is -0.989. The Morgan fingerprint density at radius 2 is 2.16 bits per heavy atom. The number of carboxylic acids is 1. The van der Waals surface area contributed by atoms with E-state index >= 15 is 0 Å². The van der Waals surface area contributed by atoms with Gasteiger partial charge in [-0.15, -0.1) is 11.8 Å². The molecule has 0 radical (unpaired) electrons. The van der Waals surface area contributed by atoms with E-state index in [2.05, 4.69) is 0 Å². The Morgan fingerprint density at radius 1 is 1.53 bits per heavy atom. The molecule has 1 unspecified atom stereocenters. The lowest BCUT2D eigenvalue weighted by molar-refractivity contribution is -0.138. The Morgan fingerprint density at radius 3 is 2.63 bits per heavy atom. The van der Waals surface area contributed by atoms with E-state index < -0.39 is 17.7 Å². The van der Waals surface area contributed by atoms with Crippen LogP contribution in [0, 0.1) is 11.3 Å². The minimum Gasteiger partial charge on any atom is -0.481 e. The number of hydrogen-bond donors (Lipinski definition) is 1. The number of thioether (sulfide) groups is 1. The average molecular weight is 289 g/mol. The van der Waals surface area contributed by atoms with Gasteiger partial charge < -0.3 is 5.11 Å². The molecule has 0 fully saturated rings. The SMILES string of the molecule is CC(CC(=O)O)Sc1ccc(C(F)(F)F)cc1C#N. The molecule has 0 aliphatic carbocycles. The van der Waals surface area contributed by atoms with E-state index in [4.69, 9.17) is 10.4 Å². The molecule has 0 saturated carbocycles. The van der Waals surface area contributed by atoms with Crippen molar-refractivity contribution in [1.29, 1.82) is 5.26 Å². The van der Waals surface area contributed by atoms with Crippen LogP contribution in [-0.2, 0) is 11.0 Å². The molecule has 1 N–H and O–H groups in total. The molecule has 0 aromatic heterocycles. The summed E-state index contributed by atoms with van der Waals surface area (Å²) >= 11 is 1.07. The van der Waals surface area contributed by atoms with Crippen LogP contribution in [-0.4, -0.2) is 16.3 Å². The van der Waals surface area contributed by atoms with E-state index in [1.807, 2.05) is 0 Å². The van der Waals surface area contributed by atoms with Crippen molar-refractivity contribution in [3.63, 3.8) is 0 Å². The Bertz CT molecular complexity index is 523. The first-order chi connectivity index (χ1) is 8.74. The summed E-state index contributed by atoms with van der Waals surface area (Å²) in [4.78, 5) is 10.9. The van der Waals surface area contributed by atoms with Crippen molar-refractivity contribution in [2.75, 3.05) is 0 Å². The summed E-state index contributed by atoms with van der Waals surface area (Å²) in [6.45, 7) is 1.64. The summed E-state index contributed by atoms with van der Waals surface area (Å²) in [7, 11) is 0. The molecule has 0 heterocycles.